The minimum Gasteiger partial charge on any atom is -0.465 e. The molecule has 1 aliphatic rings. The summed E-state index contributed by atoms with van der Waals surface area (Å²) in [6.45, 7) is 0. The molecule has 0 aliphatic heterocycles. The van der Waals surface area contributed by atoms with Crippen molar-refractivity contribution in [2.75, 3.05) is 7.11 Å². The molecular formula is C14H11ClN2O4S2. The number of carbonyl (C=O) groups is 1. The highest BCUT2D eigenvalue weighted by atomic mass is 35.5. The molecule has 1 heterocycles. The van der Waals surface area contributed by atoms with E-state index in [2.05, 4.69) is 4.72 Å². The molecule has 120 valence electrons. The number of sulfonamides is 1. The van der Waals surface area contributed by atoms with Gasteiger partial charge in [0, 0.05) is 10.8 Å². The lowest BCUT2D eigenvalue weighted by Crippen LogP contribution is -2.35. The third-order valence-corrected chi connectivity index (χ3v) is 6.57. The number of nitrogens with zero attached hydrogens (tertiary/aromatic N) is 1. The van der Waals surface area contributed by atoms with Gasteiger partial charge in [-0.25, -0.2) is 13.2 Å². The molecule has 1 aromatic heterocycles. The third-order valence-electron chi connectivity index (χ3n) is 3.61. The second-order valence-electron chi connectivity index (χ2n) is 5.22. The molecule has 1 aromatic carbocycles. The van der Waals surface area contributed by atoms with Crippen molar-refractivity contribution < 1.29 is 17.9 Å². The smallest absolute Gasteiger partial charge is 0.339 e. The van der Waals surface area contributed by atoms with Crippen LogP contribution >= 0.6 is 22.9 Å². The fraction of sp³-hybridized carbons (Fsp3) is 0.286. The van der Waals surface area contributed by atoms with E-state index >= 15 is 0 Å². The Morgan fingerprint density at radius 2 is 2.17 bits per heavy atom. The first-order valence-electron chi connectivity index (χ1n) is 6.56. The van der Waals surface area contributed by atoms with Crippen LogP contribution in [0.3, 0.4) is 0 Å². The maximum Gasteiger partial charge on any atom is 0.339 e. The van der Waals surface area contributed by atoms with Crippen LogP contribution in [0.25, 0.3) is 10.1 Å². The number of rotatable bonds is 4. The minimum absolute atomic E-state index is 0.0833. The number of hydrogen-bond donors (Lipinski definition) is 1. The van der Waals surface area contributed by atoms with E-state index in [-0.39, 0.29) is 15.5 Å². The second-order valence-corrected chi connectivity index (χ2v) is 8.19. The fourth-order valence-corrected chi connectivity index (χ4v) is 4.94. The molecule has 3 rings (SSSR count). The molecule has 0 saturated heterocycles. The van der Waals surface area contributed by atoms with Gasteiger partial charge in [0.05, 0.1) is 33.4 Å². The maximum atomic E-state index is 12.5. The molecule has 9 heteroatoms. The third kappa shape index (κ3) is 2.81. The summed E-state index contributed by atoms with van der Waals surface area (Å²) in [4.78, 5) is 11.7. The summed E-state index contributed by atoms with van der Waals surface area (Å²) in [7, 11) is -2.66. The molecule has 0 amide bonds. The molecule has 23 heavy (non-hydrogen) atoms. The van der Waals surface area contributed by atoms with Crippen molar-refractivity contribution in [3.8, 4) is 6.07 Å². The Morgan fingerprint density at radius 3 is 2.74 bits per heavy atom. The average molecular weight is 371 g/mol. The number of benzene rings is 1. The number of nitrogens with one attached hydrogen (secondary N) is 1. The first-order valence-corrected chi connectivity index (χ1v) is 9.30. The van der Waals surface area contributed by atoms with Crippen molar-refractivity contribution in [1.29, 1.82) is 5.26 Å². The molecule has 6 nitrogen and oxygen atoms in total. The van der Waals surface area contributed by atoms with Gasteiger partial charge in [0.25, 0.3) is 0 Å². The summed E-state index contributed by atoms with van der Waals surface area (Å²) in [5.41, 5.74) is -0.770. The second kappa shape index (κ2) is 5.46. The number of halogens is 1. The van der Waals surface area contributed by atoms with E-state index in [0.717, 1.165) is 0 Å². The summed E-state index contributed by atoms with van der Waals surface area (Å²) < 4.78 is 32.7. The molecule has 1 aliphatic carbocycles. The van der Waals surface area contributed by atoms with E-state index in [9.17, 15) is 13.2 Å². The molecule has 0 bridgehead atoms. The Labute approximate surface area is 141 Å². The van der Waals surface area contributed by atoms with Gasteiger partial charge >= 0.3 is 5.97 Å². The first kappa shape index (κ1) is 16.2. The normalized spacial score (nSPS) is 16.0. The van der Waals surface area contributed by atoms with Gasteiger partial charge in [0.2, 0.25) is 10.0 Å². The van der Waals surface area contributed by atoms with E-state index in [1.165, 1.54) is 30.6 Å². The quantitative estimate of drug-likeness (QED) is 0.834. The Hall–Kier alpha value is -1.66. The summed E-state index contributed by atoms with van der Waals surface area (Å²) >= 11 is 7.38. The van der Waals surface area contributed by atoms with Crippen LogP contribution in [0.1, 0.15) is 23.2 Å². The highest BCUT2D eigenvalue weighted by molar-refractivity contribution is 7.89. The van der Waals surface area contributed by atoms with Crippen molar-refractivity contribution in [3.63, 3.8) is 0 Å². The molecule has 0 unspecified atom stereocenters. The number of hydrogen-bond acceptors (Lipinski definition) is 6. The van der Waals surface area contributed by atoms with Crippen molar-refractivity contribution >= 4 is 49.0 Å². The van der Waals surface area contributed by atoms with Crippen LogP contribution in [0.2, 0.25) is 5.02 Å². The fourth-order valence-electron chi connectivity index (χ4n) is 2.17. The van der Waals surface area contributed by atoms with Crippen molar-refractivity contribution in [2.45, 2.75) is 23.3 Å². The van der Waals surface area contributed by atoms with Crippen LogP contribution in [0.5, 0.6) is 0 Å². The molecule has 0 atom stereocenters. The SMILES string of the molecule is COC(=O)c1csc2c(Cl)cc(S(=O)(=O)NC3(C#N)CC3)cc12. The Kier molecular flexibility index (Phi) is 3.84. The maximum absolute atomic E-state index is 12.5. The Morgan fingerprint density at radius 1 is 1.48 bits per heavy atom. The van der Waals surface area contributed by atoms with Crippen LogP contribution in [0, 0.1) is 11.3 Å². The molecule has 1 fully saturated rings. The zero-order valence-electron chi connectivity index (χ0n) is 11.9. The van der Waals surface area contributed by atoms with E-state index in [0.29, 0.717) is 22.9 Å². The van der Waals surface area contributed by atoms with Gasteiger partial charge in [0.1, 0.15) is 5.54 Å². The molecule has 1 N–H and O–H groups in total. The Bertz CT molecular complexity index is 955. The predicted molar refractivity (Wildman–Crippen MR) is 86.1 cm³/mol. The number of esters is 1. The minimum atomic E-state index is -3.91. The van der Waals surface area contributed by atoms with Crippen molar-refractivity contribution in [1.82, 2.24) is 4.72 Å². The monoisotopic (exact) mass is 370 g/mol. The predicted octanol–water partition coefficient (Wildman–Crippen LogP) is 2.68. The molecule has 0 spiro atoms. The zero-order valence-corrected chi connectivity index (χ0v) is 14.3. The van der Waals surface area contributed by atoms with E-state index < -0.39 is 21.5 Å². The molecule has 1 saturated carbocycles. The van der Waals surface area contributed by atoms with E-state index in [1.807, 2.05) is 6.07 Å². The summed E-state index contributed by atoms with van der Waals surface area (Å²) in [5.74, 6) is -0.564. The standard InChI is InChI=1S/C14H11ClN2O4S2/c1-21-13(18)10-6-22-12-9(10)4-8(5-11(12)15)23(19,20)17-14(7-16)2-3-14/h4-6,17H,2-3H2,1H3. The topological polar surface area (TPSA) is 96.3 Å². The summed E-state index contributed by atoms with van der Waals surface area (Å²) in [6.07, 6.45) is 0.954. The van der Waals surface area contributed by atoms with E-state index in [1.54, 1.807) is 5.38 Å². The van der Waals surface area contributed by atoms with Gasteiger partial charge in [-0.2, -0.15) is 9.98 Å². The largest absolute Gasteiger partial charge is 0.465 e. The number of thiophene rings is 1. The molecular weight excluding hydrogens is 360 g/mol. The van der Waals surface area contributed by atoms with Crippen LogP contribution in [0.4, 0.5) is 0 Å². The van der Waals surface area contributed by atoms with Crippen LogP contribution in [0.15, 0.2) is 22.4 Å². The van der Waals surface area contributed by atoms with E-state index in [4.69, 9.17) is 21.6 Å². The van der Waals surface area contributed by atoms with Crippen LogP contribution < -0.4 is 4.72 Å². The van der Waals surface area contributed by atoms with Crippen LogP contribution in [-0.2, 0) is 14.8 Å². The first-order chi connectivity index (χ1) is 10.8. The summed E-state index contributed by atoms with van der Waals surface area (Å²) in [5, 5.41) is 11.3. The lowest BCUT2D eigenvalue weighted by molar-refractivity contribution is 0.0603. The van der Waals surface area contributed by atoms with Gasteiger partial charge in [0.15, 0.2) is 0 Å². The van der Waals surface area contributed by atoms with Gasteiger partial charge in [-0.15, -0.1) is 11.3 Å². The number of nitriles is 1. The lowest BCUT2D eigenvalue weighted by Gasteiger charge is -2.11. The molecule has 0 radical (unpaired) electrons. The number of methoxy groups -OCH3 is 1. The number of fused-ring (bicyclic) bond motifs is 1. The van der Waals surface area contributed by atoms with Crippen molar-refractivity contribution in [3.05, 3.63) is 28.1 Å². The molecule has 2 aromatic rings. The van der Waals surface area contributed by atoms with Gasteiger partial charge in [-0.3, -0.25) is 0 Å². The number of carbonyl (C=O) groups excluding carboxylic acids is 1. The zero-order chi connectivity index (χ0) is 16.8. The highest BCUT2D eigenvalue weighted by Crippen LogP contribution is 2.38. The van der Waals surface area contributed by atoms with Gasteiger partial charge in [-0.1, -0.05) is 11.6 Å². The summed E-state index contributed by atoms with van der Waals surface area (Å²) in [6, 6.07) is 4.66. The Balaban J connectivity index is 2.12. The van der Waals surface area contributed by atoms with Crippen LogP contribution in [-0.4, -0.2) is 27.0 Å². The van der Waals surface area contributed by atoms with Gasteiger partial charge < -0.3 is 4.74 Å². The van der Waals surface area contributed by atoms with Gasteiger partial charge in [-0.05, 0) is 25.0 Å². The number of ether oxygens (including phenoxy) is 1. The highest BCUT2D eigenvalue weighted by Gasteiger charge is 2.46. The lowest BCUT2D eigenvalue weighted by atomic mass is 10.2. The average Bonchev–Trinajstić information content (AvgIpc) is 3.14. The van der Waals surface area contributed by atoms with Crippen molar-refractivity contribution in [2.24, 2.45) is 0 Å².